The zero-order valence-corrected chi connectivity index (χ0v) is 4.42. The summed E-state index contributed by atoms with van der Waals surface area (Å²) in [5, 5.41) is 13.2. The van der Waals surface area contributed by atoms with Crippen molar-refractivity contribution in [3.63, 3.8) is 0 Å². The molecule has 0 spiro atoms. The highest BCUT2D eigenvalue weighted by Crippen LogP contribution is 2.07. The Balaban J connectivity index is 2.94. The van der Waals surface area contributed by atoms with Gasteiger partial charge >= 0.3 is 0 Å². The van der Waals surface area contributed by atoms with Gasteiger partial charge in [-0.3, -0.25) is 4.79 Å². The second-order valence-corrected chi connectivity index (χ2v) is 1.57. The lowest BCUT2D eigenvalue weighted by molar-refractivity contribution is -0.116. The molecule has 2 N–H and O–H groups in total. The van der Waals surface area contributed by atoms with E-state index in [1.807, 2.05) is 0 Å². The van der Waals surface area contributed by atoms with Gasteiger partial charge in [0.25, 0.3) is 5.91 Å². The van der Waals surface area contributed by atoms with Crippen LogP contribution in [0.4, 0.5) is 0 Å². The van der Waals surface area contributed by atoms with Crippen molar-refractivity contribution in [1.29, 1.82) is 0 Å². The van der Waals surface area contributed by atoms with Crippen molar-refractivity contribution in [1.82, 2.24) is 5.32 Å². The number of amides is 1. The maximum atomic E-state index is 10.4. The summed E-state index contributed by atoms with van der Waals surface area (Å²) in [5.74, 6) is -0.891. The molecule has 0 aromatic rings. The second kappa shape index (κ2) is 1.85. The Morgan fingerprint density at radius 3 is 2.56 bits per heavy atom. The number of rotatable bonds is 1. The normalized spacial score (nSPS) is 18.0. The van der Waals surface area contributed by atoms with Crippen LogP contribution in [-0.2, 0) is 4.79 Å². The Kier molecular flexibility index (Phi) is 1.18. The maximum absolute atomic E-state index is 10.4. The Morgan fingerprint density at radius 1 is 1.67 bits per heavy atom. The molecule has 0 unspecified atom stereocenters. The largest absolute Gasteiger partial charge is 0.508 e. The minimum absolute atomic E-state index is 0.0138. The van der Waals surface area contributed by atoms with E-state index in [0.717, 1.165) is 0 Å². The first-order chi connectivity index (χ1) is 4.25. The van der Waals surface area contributed by atoms with Crippen LogP contribution >= 0.6 is 0 Å². The van der Waals surface area contributed by atoms with E-state index in [1.54, 1.807) is 0 Å². The van der Waals surface area contributed by atoms with Gasteiger partial charge in [-0.1, -0.05) is 0 Å². The molecule has 1 heterocycles. The molecular formula is C4H4N2O3. The number of nitrogens with zero attached hydrogens (tertiary/aromatic N) is 1. The molecule has 0 atom stereocenters. The fraction of sp³-hybridized carbons (Fsp3) is 0.250. The van der Waals surface area contributed by atoms with Crippen LogP contribution in [0.15, 0.2) is 16.6 Å². The molecule has 0 aromatic heterocycles. The van der Waals surface area contributed by atoms with Crippen LogP contribution in [0, 0.1) is 4.91 Å². The van der Waals surface area contributed by atoms with Crippen molar-refractivity contribution in [2.24, 2.45) is 5.18 Å². The van der Waals surface area contributed by atoms with E-state index >= 15 is 0 Å². The van der Waals surface area contributed by atoms with Crippen LogP contribution in [-0.4, -0.2) is 17.6 Å². The summed E-state index contributed by atoms with van der Waals surface area (Å²) in [4.78, 5) is 20.1. The van der Waals surface area contributed by atoms with Crippen molar-refractivity contribution in [2.75, 3.05) is 6.54 Å². The first kappa shape index (κ1) is 5.74. The van der Waals surface area contributed by atoms with Crippen molar-refractivity contribution in [3.05, 3.63) is 16.4 Å². The van der Waals surface area contributed by atoms with Crippen LogP contribution in [0.3, 0.4) is 0 Å². The first-order valence-corrected chi connectivity index (χ1v) is 2.29. The second-order valence-electron chi connectivity index (χ2n) is 1.57. The third-order valence-electron chi connectivity index (χ3n) is 0.996. The topological polar surface area (TPSA) is 78.8 Å². The van der Waals surface area contributed by atoms with Crippen molar-refractivity contribution in [3.8, 4) is 0 Å². The van der Waals surface area contributed by atoms with E-state index in [4.69, 9.17) is 5.11 Å². The third kappa shape index (κ3) is 0.758. The summed E-state index contributed by atoms with van der Waals surface area (Å²) in [6.07, 6.45) is 0. The highest BCUT2D eigenvalue weighted by molar-refractivity contribution is 5.95. The Morgan fingerprint density at radius 2 is 2.33 bits per heavy atom. The quantitative estimate of drug-likeness (QED) is 0.474. The van der Waals surface area contributed by atoms with Gasteiger partial charge in [0.2, 0.25) is 5.70 Å². The van der Waals surface area contributed by atoms with E-state index in [1.165, 1.54) is 0 Å². The zero-order valence-electron chi connectivity index (χ0n) is 4.42. The lowest BCUT2D eigenvalue weighted by Gasteiger charge is -1.83. The molecule has 5 heteroatoms. The number of aliphatic hydroxyl groups excluding tert-OH is 1. The van der Waals surface area contributed by atoms with Gasteiger partial charge in [0.1, 0.15) is 5.76 Å². The van der Waals surface area contributed by atoms with Crippen molar-refractivity contribution < 1.29 is 9.90 Å². The molecule has 1 amide bonds. The lowest BCUT2D eigenvalue weighted by atomic mass is 10.4. The molecule has 0 radical (unpaired) electrons. The van der Waals surface area contributed by atoms with Gasteiger partial charge in [-0.25, -0.2) is 0 Å². The monoisotopic (exact) mass is 128 g/mol. The molecule has 5 nitrogen and oxygen atoms in total. The Hall–Kier alpha value is -1.39. The fourth-order valence-electron chi connectivity index (χ4n) is 0.557. The van der Waals surface area contributed by atoms with Gasteiger partial charge in [0, 0.05) is 0 Å². The van der Waals surface area contributed by atoms with E-state index in [0.29, 0.717) is 0 Å². The fourth-order valence-corrected chi connectivity index (χ4v) is 0.557. The summed E-state index contributed by atoms with van der Waals surface area (Å²) < 4.78 is 0. The highest BCUT2D eigenvalue weighted by atomic mass is 16.3. The predicted molar refractivity (Wildman–Crippen MR) is 28.5 cm³/mol. The molecule has 1 rings (SSSR count). The molecular weight excluding hydrogens is 124 g/mol. The zero-order chi connectivity index (χ0) is 6.85. The highest BCUT2D eigenvalue weighted by Gasteiger charge is 2.22. The molecule has 0 saturated heterocycles. The number of hydrogen-bond donors (Lipinski definition) is 2. The Labute approximate surface area is 50.3 Å². The van der Waals surface area contributed by atoms with Gasteiger partial charge in [0.15, 0.2) is 0 Å². The van der Waals surface area contributed by atoms with Crippen LogP contribution < -0.4 is 5.32 Å². The molecule has 0 bridgehead atoms. The minimum atomic E-state index is -0.609. The van der Waals surface area contributed by atoms with Gasteiger partial charge in [-0.2, -0.15) is 0 Å². The van der Waals surface area contributed by atoms with Gasteiger partial charge in [-0.15, -0.1) is 4.91 Å². The molecule has 0 aliphatic carbocycles. The number of carbonyl (C=O) groups excluding carboxylic acids is 1. The average Bonchev–Trinajstić information content (AvgIpc) is 2.12. The molecule has 48 valence electrons. The van der Waals surface area contributed by atoms with E-state index in [-0.39, 0.29) is 12.3 Å². The molecule has 1 aliphatic heterocycles. The smallest absolute Gasteiger partial charge is 0.277 e. The number of aliphatic hydroxyl groups is 1. The molecule has 9 heavy (non-hydrogen) atoms. The number of hydrogen-bond acceptors (Lipinski definition) is 4. The van der Waals surface area contributed by atoms with E-state index in [9.17, 15) is 9.70 Å². The van der Waals surface area contributed by atoms with E-state index < -0.39 is 11.6 Å². The summed E-state index contributed by atoms with van der Waals surface area (Å²) >= 11 is 0. The Bertz CT molecular complexity index is 196. The first-order valence-electron chi connectivity index (χ1n) is 2.29. The number of carbonyl (C=O) groups is 1. The maximum Gasteiger partial charge on any atom is 0.277 e. The summed E-state index contributed by atoms with van der Waals surface area (Å²) in [7, 11) is 0. The summed E-state index contributed by atoms with van der Waals surface area (Å²) in [5.41, 5.74) is -0.407. The van der Waals surface area contributed by atoms with Crippen LogP contribution in [0.5, 0.6) is 0 Å². The van der Waals surface area contributed by atoms with Crippen LogP contribution in [0.25, 0.3) is 0 Å². The molecule has 1 aliphatic rings. The lowest BCUT2D eigenvalue weighted by Crippen LogP contribution is -2.16. The van der Waals surface area contributed by atoms with Crippen molar-refractivity contribution >= 4 is 5.91 Å². The standard InChI is InChI=1S/C4H4N2O3/c7-2-1-5-4(8)3(2)6-9/h7H,1H2,(H,5,8). The molecule has 0 aromatic carbocycles. The van der Waals surface area contributed by atoms with Crippen LogP contribution in [0.2, 0.25) is 0 Å². The number of nitrogens with one attached hydrogen (secondary N) is 1. The van der Waals surface area contributed by atoms with Gasteiger partial charge in [0.05, 0.1) is 6.54 Å². The average molecular weight is 128 g/mol. The van der Waals surface area contributed by atoms with E-state index in [2.05, 4.69) is 10.5 Å². The number of nitroso groups, excluding NO2 is 1. The molecule has 0 fully saturated rings. The third-order valence-corrected chi connectivity index (χ3v) is 0.996. The summed E-state index contributed by atoms with van der Waals surface area (Å²) in [6, 6.07) is 0. The predicted octanol–water partition coefficient (Wildman–Crippen LogP) is -0.348. The minimum Gasteiger partial charge on any atom is -0.508 e. The van der Waals surface area contributed by atoms with Gasteiger partial charge in [-0.05, 0) is 5.18 Å². The summed E-state index contributed by atoms with van der Waals surface area (Å²) in [6.45, 7) is 0.0138. The van der Waals surface area contributed by atoms with Gasteiger partial charge < -0.3 is 10.4 Å². The van der Waals surface area contributed by atoms with Crippen LogP contribution in [0.1, 0.15) is 0 Å². The molecule has 0 saturated carbocycles. The van der Waals surface area contributed by atoms with Crippen molar-refractivity contribution in [2.45, 2.75) is 0 Å². The SMILES string of the molecule is O=NC1=C(O)CNC1=O.